The average Bonchev–Trinajstić information content (AvgIpc) is 2.47. The minimum atomic E-state index is -0.641. The van der Waals surface area contributed by atoms with Crippen molar-refractivity contribution >= 4 is 23.3 Å². The van der Waals surface area contributed by atoms with Crippen LogP contribution in [0.4, 0.5) is 4.39 Å². The van der Waals surface area contributed by atoms with Crippen LogP contribution < -0.4 is 0 Å². The third-order valence-corrected chi connectivity index (χ3v) is 3.45. The maximum atomic E-state index is 14.0. The number of hydrogen-bond acceptors (Lipinski definition) is 5. The fourth-order valence-corrected chi connectivity index (χ4v) is 2.42. The van der Waals surface area contributed by atoms with Crippen LogP contribution in [0.5, 0.6) is 0 Å². The Hall–Kier alpha value is -1.82. The largest absolute Gasteiger partial charge is 0.462 e. The highest BCUT2D eigenvalue weighted by Gasteiger charge is 2.30. The van der Waals surface area contributed by atoms with E-state index >= 15 is 0 Å². The average molecular weight is 313 g/mol. The summed E-state index contributed by atoms with van der Waals surface area (Å²) in [6.45, 7) is 1.88. The van der Waals surface area contributed by atoms with E-state index in [1.54, 1.807) is 6.92 Å². The molecule has 0 fully saturated rings. The molecule has 1 heterocycles. The number of hydrogen-bond donors (Lipinski definition) is 0. The molecule has 0 radical (unpaired) electrons. The van der Waals surface area contributed by atoms with E-state index in [-0.39, 0.29) is 35.7 Å². The second-order valence-electron chi connectivity index (χ2n) is 4.68. The highest BCUT2D eigenvalue weighted by Crippen LogP contribution is 2.32. The third kappa shape index (κ3) is 3.64. The molecule has 1 aliphatic heterocycles. The van der Waals surface area contributed by atoms with Gasteiger partial charge >= 0.3 is 5.97 Å². The van der Waals surface area contributed by atoms with Gasteiger partial charge in [-0.2, -0.15) is 4.91 Å². The predicted octanol–water partition coefficient (Wildman–Crippen LogP) is 3.45. The van der Waals surface area contributed by atoms with E-state index in [0.717, 1.165) is 0 Å². The van der Waals surface area contributed by atoms with Crippen LogP contribution in [0.2, 0.25) is 5.02 Å². The molecule has 1 aliphatic rings. The molecular formula is C14H14ClFN2O3. The normalized spacial score (nSPS) is 21.6. The molecule has 2 rings (SSSR count). The zero-order valence-electron chi connectivity index (χ0n) is 11.4. The van der Waals surface area contributed by atoms with Gasteiger partial charge in [-0.1, -0.05) is 22.8 Å². The maximum absolute atomic E-state index is 14.0. The third-order valence-electron chi connectivity index (χ3n) is 3.22. The number of rotatable bonds is 4. The van der Waals surface area contributed by atoms with E-state index in [2.05, 4.69) is 10.2 Å². The monoisotopic (exact) mass is 312 g/mol. The van der Waals surface area contributed by atoms with Gasteiger partial charge in [-0.25, -0.2) is 9.18 Å². The van der Waals surface area contributed by atoms with E-state index in [4.69, 9.17) is 16.3 Å². The summed E-state index contributed by atoms with van der Waals surface area (Å²) < 4.78 is 18.8. The zero-order valence-corrected chi connectivity index (χ0v) is 12.1. The molecule has 0 spiro atoms. The highest BCUT2D eigenvalue weighted by molar-refractivity contribution is 6.36. The van der Waals surface area contributed by atoms with Gasteiger partial charge in [0, 0.05) is 23.4 Å². The molecule has 2 atom stereocenters. The minimum absolute atomic E-state index is 0.118. The van der Waals surface area contributed by atoms with Crippen LogP contribution in [0.25, 0.3) is 0 Å². The lowest BCUT2D eigenvalue weighted by molar-refractivity contribution is -0.135. The first-order chi connectivity index (χ1) is 10.0. The van der Waals surface area contributed by atoms with Crippen molar-refractivity contribution in [2.75, 3.05) is 6.61 Å². The van der Waals surface area contributed by atoms with Crippen LogP contribution in [-0.2, 0) is 9.53 Å². The summed E-state index contributed by atoms with van der Waals surface area (Å²) in [6, 6.07) is 2.95. The van der Waals surface area contributed by atoms with E-state index in [0.29, 0.717) is 0 Å². The van der Waals surface area contributed by atoms with E-state index in [1.807, 2.05) is 0 Å². The Morgan fingerprint density at radius 2 is 2.33 bits per heavy atom. The predicted molar refractivity (Wildman–Crippen MR) is 77.0 cm³/mol. The summed E-state index contributed by atoms with van der Waals surface area (Å²) in [4.78, 5) is 26.8. The summed E-state index contributed by atoms with van der Waals surface area (Å²) in [7, 11) is 0. The van der Waals surface area contributed by atoms with Crippen LogP contribution in [-0.4, -0.2) is 24.3 Å². The number of carbonyl (C=O) groups excluding carboxylic acids is 1. The van der Waals surface area contributed by atoms with Gasteiger partial charge in [0.05, 0.1) is 12.6 Å². The summed E-state index contributed by atoms with van der Waals surface area (Å²) in [5.41, 5.74) is 0.404. The molecule has 0 aromatic heterocycles. The van der Waals surface area contributed by atoms with Gasteiger partial charge in [0.2, 0.25) is 0 Å². The van der Waals surface area contributed by atoms with Gasteiger partial charge in [0.1, 0.15) is 17.6 Å². The molecule has 0 aliphatic carbocycles. The number of nitrogens with zero attached hydrogens (tertiary/aromatic N) is 2. The van der Waals surface area contributed by atoms with Crippen molar-refractivity contribution in [3.05, 3.63) is 39.5 Å². The molecule has 5 nitrogen and oxygen atoms in total. The molecule has 21 heavy (non-hydrogen) atoms. The number of aliphatic imine (C=N–C) groups is 1. The van der Waals surface area contributed by atoms with Crippen molar-refractivity contribution in [1.29, 1.82) is 0 Å². The summed E-state index contributed by atoms with van der Waals surface area (Å²) in [5.74, 6) is -1.11. The van der Waals surface area contributed by atoms with Gasteiger partial charge in [0.25, 0.3) is 0 Å². The number of ether oxygens (including phenoxy) is 1. The van der Waals surface area contributed by atoms with Crippen molar-refractivity contribution < 1.29 is 13.9 Å². The van der Waals surface area contributed by atoms with Crippen LogP contribution >= 0.6 is 11.6 Å². The number of halogens is 2. The van der Waals surface area contributed by atoms with Gasteiger partial charge in [-0.3, -0.25) is 4.99 Å². The molecule has 0 N–H and O–H groups in total. The quantitative estimate of drug-likeness (QED) is 0.631. The molecule has 0 bridgehead atoms. The Balaban J connectivity index is 2.34. The number of benzene rings is 1. The van der Waals surface area contributed by atoms with Gasteiger partial charge in [0.15, 0.2) is 0 Å². The first-order valence-electron chi connectivity index (χ1n) is 6.56. The molecule has 0 saturated heterocycles. The number of nitroso groups, excluding NO2 is 1. The maximum Gasteiger partial charge on any atom is 0.352 e. The summed E-state index contributed by atoms with van der Waals surface area (Å²) in [6.07, 6.45) is 0.374. The van der Waals surface area contributed by atoms with E-state index < -0.39 is 23.9 Å². The van der Waals surface area contributed by atoms with Gasteiger partial charge in [-0.05, 0) is 19.1 Å². The second kappa shape index (κ2) is 6.76. The van der Waals surface area contributed by atoms with E-state index in [9.17, 15) is 14.1 Å². The van der Waals surface area contributed by atoms with Crippen molar-refractivity contribution in [1.82, 2.24) is 0 Å². The Morgan fingerprint density at radius 1 is 1.57 bits per heavy atom. The second-order valence-corrected chi connectivity index (χ2v) is 5.11. The van der Waals surface area contributed by atoms with Crippen LogP contribution in [0.3, 0.4) is 0 Å². The zero-order chi connectivity index (χ0) is 15.4. The van der Waals surface area contributed by atoms with Crippen molar-refractivity contribution in [3.63, 3.8) is 0 Å². The Kier molecular flexibility index (Phi) is 5.01. The summed E-state index contributed by atoms with van der Waals surface area (Å²) in [5, 5.41) is 3.25. The van der Waals surface area contributed by atoms with Crippen molar-refractivity contribution in [2.45, 2.75) is 31.8 Å². The Labute approximate surface area is 126 Å². The highest BCUT2D eigenvalue weighted by atomic mass is 35.5. The first-order valence-corrected chi connectivity index (χ1v) is 6.94. The fourth-order valence-electron chi connectivity index (χ4n) is 2.26. The lowest BCUT2D eigenvalue weighted by atomic mass is 9.93. The van der Waals surface area contributed by atoms with Crippen molar-refractivity contribution in [2.24, 2.45) is 10.2 Å². The van der Waals surface area contributed by atoms with Gasteiger partial charge < -0.3 is 4.74 Å². The molecule has 7 heteroatoms. The molecule has 1 aromatic rings. The molecule has 112 valence electrons. The lowest BCUT2D eigenvalue weighted by Gasteiger charge is -2.23. The Bertz CT molecular complexity index is 592. The van der Waals surface area contributed by atoms with Crippen LogP contribution in [0, 0.1) is 10.7 Å². The van der Waals surface area contributed by atoms with Gasteiger partial charge in [-0.15, -0.1) is 0 Å². The SMILES string of the molecule is CCOC(=O)C1=NC(c2ccc(Cl)cc2F)CC(N=O)C1. The Morgan fingerprint density at radius 3 is 2.95 bits per heavy atom. The smallest absolute Gasteiger partial charge is 0.352 e. The first kappa shape index (κ1) is 15.6. The lowest BCUT2D eigenvalue weighted by Crippen LogP contribution is -2.28. The molecule has 1 aromatic carbocycles. The molecule has 0 saturated carbocycles. The van der Waals surface area contributed by atoms with Crippen molar-refractivity contribution in [3.8, 4) is 0 Å². The standard InChI is InChI=1S/C14H14ClFN2O3/c1-2-21-14(19)13-7-9(18-20)6-12(17-13)10-4-3-8(15)5-11(10)16/h3-5,9,12H,2,6-7H2,1H3. The van der Waals surface area contributed by atoms with E-state index in [1.165, 1.54) is 18.2 Å². The molecule has 2 unspecified atom stereocenters. The fraction of sp³-hybridized carbons (Fsp3) is 0.429. The number of esters is 1. The molecule has 0 amide bonds. The summed E-state index contributed by atoms with van der Waals surface area (Å²) >= 11 is 5.71. The minimum Gasteiger partial charge on any atom is -0.462 e. The topological polar surface area (TPSA) is 68.1 Å². The molecular weight excluding hydrogens is 299 g/mol. The van der Waals surface area contributed by atoms with Crippen LogP contribution in [0.15, 0.2) is 28.4 Å². The number of carbonyl (C=O) groups is 1. The van der Waals surface area contributed by atoms with Crippen LogP contribution in [0.1, 0.15) is 31.4 Å².